The van der Waals surface area contributed by atoms with E-state index in [1.807, 2.05) is 0 Å². The summed E-state index contributed by atoms with van der Waals surface area (Å²) in [6.45, 7) is 0. The van der Waals surface area contributed by atoms with Crippen LogP contribution in [0.15, 0.2) is 23.1 Å². The zero-order valence-corrected chi connectivity index (χ0v) is 11.1. The van der Waals surface area contributed by atoms with Crippen LogP contribution < -0.4 is 4.74 Å². The van der Waals surface area contributed by atoms with Gasteiger partial charge in [-0.05, 0) is 18.2 Å². The Kier molecular flexibility index (Phi) is 5.47. The molecule has 0 heterocycles. The summed E-state index contributed by atoms with van der Waals surface area (Å²) in [5.41, 5.74) is 0.151. The molecule has 15 heavy (non-hydrogen) atoms. The molecule has 1 rings (SSSR count). The van der Waals surface area contributed by atoms with Crippen LogP contribution in [0.5, 0.6) is 5.75 Å². The number of rotatable bonds is 3. The van der Waals surface area contributed by atoms with Crippen molar-refractivity contribution in [3.05, 3.63) is 23.8 Å². The quantitative estimate of drug-likeness (QED) is 0.468. The molecule has 0 unspecified atom stereocenters. The van der Waals surface area contributed by atoms with Gasteiger partial charge in [0.05, 0.1) is 7.11 Å². The Morgan fingerprint density at radius 1 is 1.40 bits per heavy atom. The second-order valence-corrected chi connectivity index (χ2v) is 3.89. The minimum atomic E-state index is -4.36. The molecule has 0 aromatic heterocycles. The minimum absolute atomic E-state index is 0. The molecular weight excluding hydrogens is 231 g/mol. The van der Waals surface area contributed by atoms with Crippen LogP contribution in [-0.4, -0.2) is 55.9 Å². The van der Waals surface area contributed by atoms with Gasteiger partial charge in [-0.15, -0.1) is 0 Å². The molecule has 77 valence electrons. The summed E-state index contributed by atoms with van der Waals surface area (Å²) in [5.74, 6) is -0.00176. The molecule has 0 aliphatic rings. The summed E-state index contributed by atoms with van der Waals surface area (Å²) < 4.78 is 35.2. The van der Waals surface area contributed by atoms with Crippen molar-refractivity contribution in [3.8, 4) is 5.75 Å². The third kappa shape index (κ3) is 3.58. The predicted molar refractivity (Wildman–Crippen MR) is 54.0 cm³/mol. The molecule has 0 fully saturated rings. The normalized spacial score (nSPS) is 10.3. The summed E-state index contributed by atoms with van der Waals surface area (Å²) >= 11 is 0. The zero-order chi connectivity index (χ0) is 10.8. The monoisotopic (exact) mass is 239 g/mol. The van der Waals surface area contributed by atoms with E-state index in [0.717, 1.165) is 6.07 Å². The van der Waals surface area contributed by atoms with Crippen LogP contribution >= 0.6 is 0 Å². The average molecular weight is 239 g/mol. The fraction of sp³-hybridized carbons (Fsp3) is 0.125. The maximum absolute atomic E-state index is 10.8. The number of carbonyl (C=O) groups excluding carboxylic acids is 1. The van der Waals surface area contributed by atoms with Gasteiger partial charge in [0.1, 0.15) is 16.9 Å². The van der Waals surface area contributed by atoms with Gasteiger partial charge < -0.3 is 4.74 Å². The van der Waals surface area contributed by atoms with Gasteiger partial charge in [-0.25, -0.2) is 0 Å². The number of hydrogen-bond acceptors (Lipinski definition) is 4. The van der Waals surface area contributed by atoms with E-state index in [1.165, 1.54) is 19.2 Å². The van der Waals surface area contributed by atoms with Crippen LogP contribution in [0.25, 0.3) is 0 Å². The fourth-order valence-electron chi connectivity index (χ4n) is 0.968. The molecule has 0 saturated carbocycles. The van der Waals surface area contributed by atoms with Crippen molar-refractivity contribution in [2.24, 2.45) is 0 Å². The molecule has 7 heteroatoms. The summed E-state index contributed by atoms with van der Waals surface area (Å²) in [4.78, 5) is 9.96. The number of aldehydes is 1. The second kappa shape index (κ2) is 5.62. The molecule has 0 saturated heterocycles. The number of ether oxygens (including phenoxy) is 1. The number of carbonyl (C=O) groups is 1. The molecule has 1 aromatic rings. The average Bonchev–Trinajstić information content (AvgIpc) is 2.15. The smallest absolute Gasteiger partial charge is 0.298 e. The van der Waals surface area contributed by atoms with Gasteiger partial charge in [-0.1, -0.05) is 0 Å². The van der Waals surface area contributed by atoms with Crippen LogP contribution in [0.4, 0.5) is 0 Å². The molecule has 0 atom stereocenters. The van der Waals surface area contributed by atoms with Crippen LogP contribution in [-0.2, 0) is 10.1 Å². The van der Waals surface area contributed by atoms with Crippen molar-refractivity contribution in [1.82, 2.24) is 0 Å². The van der Waals surface area contributed by atoms with E-state index in [1.54, 1.807) is 0 Å². The SMILES string of the molecule is COc1ccc(C=O)cc1S(=O)(=O)O.[Na]. The number of benzene rings is 1. The van der Waals surface area contributed by atoms with Gasteiger partial charge in [0, 0.05) is 35.1 Å². The second-order valence-electron chi connectivity index (χ2n) is 2.50. The predicted octanol–water partition coefficient (Wildman–Crippen LogP) is 0.374. The van der Waals surface area contributed by atoms with E-state index in [4.69, 9.17) is 9.29 Å². The molecule has 0 bridgehead atoms. The first kappa shape index (κ1) is 14.6. The number of hydrogen-bond donors (Lipinski definition) is 1. The molecule has 0 aliphatic heterocycles. The van der Waals surface area contributed by atoms with Crippen molar-refractivity contribution in [2.45, 2.75) is 4.90 Å². The van der Waals surface area contributed by atoms with Crippen LogP contribution in [0, 0.1) is 0 Å². The van der Waals surface area contributed by atoms with Crippen LogP contribution in [0.2, 0.25) is 0 Å². The van der Waals surface area contributed by atoms with E-state index in [9.17, 15) is 13.2 Å². The third-order valence-corrected chi connectivity index (χ3v) is 2.48. The Morgan fingerprint density at radius 2 is 2.00 bits per heavy atom. The number of methoxy groups -OCH3 is 1. The first-order chi connectivity index (χ1) is 6.49. The fourth-order valence-corrected chi connectivity index (χ4v) is 1.66. The molecule has 1 radical (unpaired) electrons. The topological polar surface area (TPSA) is 80.7 Å². The van der Waals surface area contributed by atoms with Gasteiger partial charge in [-0.3, -0.25) is 9.35 Å². The maximum Gasteiger partial charge on any atom is 0.298 e. The van der Waals surface area contributed by atoms with E-state index >= 15 is 0 Å². The van der Waals surface area contributed by atoms with Crippen molar-refractivity contribution >= 4 is 46.0 Å². The Labute approximate surface area is 109 Å². The van der Waals surface area contributed by atoms with Gasteiger partial charge in [-0.2, -0.15) is 8.42 Å². The Balaban J connectivity index is 0.00000196. The van der Waals surface area contributed by atoms with Crippen LogP contribution in [0.1, 0.15) is 10.4 Å². The Hall–Kier alpha value is -0.400. The molecule has 0 amide bonds. The summed E-state index contributed by atoms with van der Waals surface area (Å²) in [6.07, 6.45) is 0.480. The van der Waals surface area contributed by atoms with Gasteiger partial charge >= 0.3 is 0 Å². The van der Waals surface area contributed by atoms with E-state index in [-0.39, 0.29) is 40.9 Å². The van der Waals surface area contributed by atoms with Gasteiger partial charge in [0.25, 0.3) is 10.1 Å². The van der Waals surface area contributed by atoms with Crippen molar-refractivity contribution in [3.63, 3.8) is 0 Å². The summed E-state index contributed by atoms with van der Waals surface area (Å²) in [6, 6.07) is 3.73. The minimum Gasteiger partial charge on any atom is -0.495 e. The van der Waals surface area contributed by atoms with Crippen LogP contribution in [0.3, 0.4) is 0 Å². The molecule has 0 aliphatic carbocycles. The van der Waals surface area contributed by atoms with E-state index in [0.29, 0.717) is 6.29 Å². The standard InChI is InChI=1S/C8H8O5S.Na/c1-13-7-3-2-6(5-9)4-8(7)14(10,11)12;/h2-5H,1H3,(H,10,11,12);. The molecule has 5 nitrogen and oxygen atoms in total. The van der Waals surface area contributed by atoms with Crippen molar-refractivity contribution in [2.75, 3.05) is 7.11 Å². The van der Waals surface area contributed by atoms with E-state index < -0.39 is 15.0 Å². The molecule has 1 aromatic carbocycles. The Morgan fingerprint density at radius 3 is 2.40 bits per heavy atom. The van der Waals surface area contributed by atoms with Crippen molar-refractivity contribution in [1.29, 1.82) is 0 Å². The third-order valence-electron chi connectivity index (χ3n) is 1.60. The maximum atomic E-state index is 10.8. The molecule has 1 N–H and O–H groups in total. The largest absolute Gasteiger partial charge is 0.495 e. The zero-order valence-electron chi connectivity index (χ0n) is 8.30. The summed E-state index contributed by atoms with van der Waals surface area (Å²) in [7, 11) is -3.09. The molecule has 0 spiro atoms. The van der Waals surface area contributed by atoms with E-state index in [2.05, 4.69) is 0 Å². The first-order valence-electron chi connectivity index (χ1n) is 3.59. The van der Waals surface area contributed by atoms with Crippen molar-refractivity contribution < 1.29 is 22.5 Å². The van der Waals surface area contributed by atoms with Gasteiger partial charge in [0.2, 0.25) is 0 Å². The summed E-state index contributed by atoms with van der Waals surface area (Å²) in [5, 5.41) is 0. The Bertz CT molecular complexity index is 454. The first-order valence-corrected chi connectivity index (χ1v) is 5.03. The van der Waals surface area contributed by atoms with Gasteiger partial charge in [0.15, 0.2) is 0 Å². The molecular formula is C8H8NaO5S.